The highest BCUT2D eigenvalue weighted by Crippen LogP contribution is 1.99. The first kappa shape index (κ1) is 14.2. The van der Waals surface area contributed by atoms with Crippen molar-refractivity contribution in [2.24, 2.45) is 4.99 Å². The van der Waals surface area contributed by atoms with Gasteiger partial charge in [-0.05, 0) is 40.4 Å². The summed E-state index contributed by atoms with van der Waals surface area (Å²) < 4.78 is 0. The zero-order valence-corrected chi connectivity index (χ0v) is 8.82. The minimum Gasteiger partial charge on any atom is -0.309 e. The summed E-state index contributed by atoms with van der Waals surface area (Å²) in [6, 6.07) is 2.32. The summed E-state index contributed by atoms with van der Waals surface area (Å²) in [5.41, 5.74) is 0. The van der Waals surface area contributed by atoms with E-state index in [1.54, 1.807) is 0 Å². The Hall–Kier alpha value is -0.370. The summed E-state index contributed by atoms with van der Waals surface area (Å²) in [6.07, 6.45) is 2.18. The number of halogens is 1. The van der Waals surface area contributed by atoms with E-state index in [1.165, 1.54) is 0 Å². The van der Waals surface area contributed by atoms with Crippen LogP contribution in [0.1, 0.15) is 19.8 Å². The fourth-order valence-corrected chi connectivity index (χ4v) is 0.878. The van der Waals surface area contributed by atoms with Gasteiger partial charge < -0.3 is 4.90 Å². The molecule has 12 heavy (non-hydrogen) atoms. The van der Waals surface area contributed by atoms with E-state index in [0.29, 0.717) is 0 Å². The SMILES string of the molecule is CC(CCCN(C)C)N=C=N.Cl. The maximum Gasteiger partial charge on any atom is 0.0864 e. The van der Waals surface area contributed by atoms with Crippen LogP contribution < -0.4 is 0 Å². The highest BCUT2D eigenvalue weighted by molar-refractivity contribution is 5.85. The van der Waals surface area contributed by atoms with Gasteiger partial charge in [-0.1, -0.05) is 0 Å². The lowest BCUT2D eigenvalue weighted by atomic mass is 10.2. The van der Waals surface area contributed by atoms with Gasteiger partial charge >= 0.3 is 0 Å². The van der Waals surface area contributed by atoms with Crippen molar-refractivity contribution in [2.75, 3.05) is 20.6 Å². The van der Waals surface area contributed by atoms with Gasteiger partial charge in [-0.25, -0.2) is 10.4 Å². The normalized spacial score (nSPS) is 11.7. The fourth-order valence-electron chi connectivity index (χ4n) is 0.878. The van der Waals surface area contributed by atoms with Gasteiger partial charge in [-0.3, -0.25) is 0 Å². The molecule has 0 saturated heterocycles. The van der Waals surface area contributed by atoms with E-state index in [4.69, 9.17) is 5.41 Å². The van der Waals surface area contributed by atoms with Crippen molar-refractivity contribution in [3.63, 3.8) is 0 Å². The number of nitrogens with one attached hydrogen (secondary N) is 1. The number of rotatable bonds is 5. The Kier molecular flexibility index (Phi) is 10.3. The van der Waals surface area contributed by atoms with E-state index in [1.807, 2.05) is 6.92 Å². The van der Waals surface area contributed by atoms with E-state index in [9.17, 15) is 0 Å². The molecule has 4 heteroatoms. The molecule has 72 valence electrons. The Morgan fingerprint density at radius 3 is 2.50 bits per heavy atom. The molecule has 0 aliphatic carbocycles. The zero-order chi connectivity index (χ0) is 8.69. The maximum atomic E-state index is 6.63. The molecule has 1 atom stereocenters. The van der Waals surface area contributed by atoms with Crippen molar-refractivity contribution in [3.8, 4) is 0 Å². The van der Waals surface area contributed by atoms with Gasteiger partial charge in [0.25, 0.3) is 0 Å². The van der Waals surface area contributed by atoms with E-state index in [-0.39, 0.29) is 18.4 Å². The first-order valence-electron chi connectivity index (χ1n) is 3.93. The smallest absolute Gasteiger partial charge is 0.0864 e. The van der Waals surface area contributed by atoms with Crippen LogP contribution in [0.25, 0.3) is 0 Å². The lowest BCUT2D eigenvalue weighted by Crippen LogP contribution is -2.14. The van der Waals surface area contributed by atoms with Crippen molar-refractivity contribution < 1.29 is 0 Å². The Morgan fingerprint density at radius 2 is 2.08 bits per heavy atom. The summed E-state index contributed by atoms with van der Waals surface area (Å²) in [6.45, 7) is 3.11. The van der Waals surface area contributed by atoms with Gasteiger partial charge in [0, 0.05) is 0 Å². The van der Waals surface area contributed by atoms with E-state index in [2.05, 4.69) is 30.0 Å². The number of hydrogen-bond acceptors (Lipinski definition) is 3. The van der Waals surface area contributed by atoms with Gasteiger partial charge in [0.2, 0.25) is 0 Å². The molecule has 0 heterocycles. The highest BCUT2D eigenvalue weighted by atomic mass is 35.5. The van der Waals surface area contributed by atoms with Crippen LogP contribution in [0.5, 0.6) is 0 Å². The van der Waals surface area contributed by atoms with Crippen LogP contribution in [0.2, 0.25) is 0 Å². The van der Waals surface area contributed by atoms with E-state index in [0.717, 1.165) is 19.4 Å². The summed E-state index contributed by atoms with van der Waals surface area (Å²) >= 11 is 0. The molecular formula is C8H18ClN3. The van der Waals surface area contributed by atoms with Gasteiger partial charge in [0.05, 0.1) is 12.1 Å². The van der Waals surface area contributed by atoms with Crippen LogP contribution in [0.3, 0.4) is 0 Å². The Morgan fingerprint density at radius 1 is 1.50 bits per heavy atom. The van der Waals surface area contributed by atoms with Gasteiger partial charge in [-0.2, -0.15) is 0 Å². The predicted octanol–water partition coefficient (Wildman–Crippen LogP) is 1.89. The molecule has 0 aromatic carbocycles. The van der Waals surface area contributed by atoms with Crippen LogP contribution in [-0.4, -0.2) is 37.6 Å². The number of nitrogens with zero attached hydrogens (tertiary/aromatic N) is 2. The van der Waals surface area contributed by atoms with Crippen LogP contribution in [0.15, 0.2) is 4.99 Å². The topological polar surface area (TPSA) is 39.5 Å². The third-order valence-corrected chi connectivity index (χ3v) is 1.51. The van der Waals surface area contributed by atoms with Crippen molar-refractivity contribution in [2.45, 2.75) is 25.8 Å². The van der Waals surface area contributed by atoms with Crippen molar-refractivity contribution in [3.05, 3.63) is 0 Å². The first-order valence-corrected chi connectivity index (χ1v) is 3.93. The minimum absolute atomic E-state index is 0. The summed E-state index contributed by atoms with van der Waals surface area (Å²) in [5, 5.41) is 6.63. The average Bonchev–Trinajstić information content (AvgIpc) is 1.87. The number of hydrogen-bond donors (Lipinski definition) is 1. The van der Waals surface area contributed by atoms with E-state index < -0.39 is 0 Å². The van der Waals surface area contributed by atoms with Crippen molar-refractivity contribution in [1.29, 1.82) is 5.41 Å². The van der Waals surface area contributed by atoms with Crippen molar-refractivity contribution >= 4 is 18.4 Å². The fraction of sp³-hybridized carbons (Fsp3) is 0.875. The molecular weight excluding hydrogens is 174 g/mol. The monoisotopic (exact) mass is 191 g/mol. The molecule has 0 saturated carbocycles. The van der Waals surface area contributed by atoms with Crippen LogP contribution in [0, 0.1) is 5.41 Å². The molecule has 0 aliphatic rings. The summed E-state index contributed by atoms with van der Waals surface area (Å²) in [5.74, 6) is 0. The lowest BCUT2D eigenvalue weighted by Gasteiger charge is -2.09. The van der Waals surface area contributed by atoms with Crippen molar-refractivity contribution in [1.82, 2.24) is 4.90 Å². The second-order valence-electron chi connectivity index (χ2n) is 3.04. The summed E-state index contributed by atoms with van der Waals surface area (Å²) in [4.78, 5) is 5.97. The highest BCUT2D eigenvalue weighted by Gasteiger charge is 1.97. The molecule has 0 bridgehead atoms. The third-order valence-electron chi connectivity index (χ3n) is 1.51. The van der Waals surface area contributed by atoms with Gasteiger partial charge in [-0.15, -0.1) is 12.4 Å². The minimum atomic E-state index is 0. The second-order valence-corrected chi connectivity index (χ2v) is 3.04. The molecule has 0 aromatic rings. The molecule has 1 unspecified atom stereocenters. The largest absolute Gasteiger partial charge is 0.309 e. The summed E-state index contributed by atoms with van der Waals surface area (Å²) in [7, 11) is 4.12. The Bertz CT molecular complexity index is 141. The molecule has 0 amide bonds. The molecule has 0 rings (SSSR count). The molecule has 0 aliphatic heterocycles. The van der Waals surface area contributed by atoms with E-state index >= 15 is 0 Å². The molecule has 1 N–H and O–H groups in total. The van der Waals surface area contributed by atoms with Crippen LogP contribution >= 0.6 is 12.4 Å². The second kappa shape index (κ2) is 8.72. The molecule has 3 nitrogen and oxygen atoms in total. The predicted molar refractivity (Wildman–Crippen MR) is 54.7 cm³/mol. The molecule has 0 aromatic heterocycles. The number of aliphatic imine (C=N–C) groups is 1. The Labute approximate surface area is 80.8 Å². The van der Waals surface area contributed by atoms with Gasteiger partial charge in [0.15, 0.2) is 0 Å². The molecule has 0 spiro atoms. The quantitative estimate of drug-likeness (QED) is 0.663. The lowest BCUT2D eigenvalue weighted by molar-refractivity contribution is 0.388. The van der Waals surface area contributed by atoms with Crippen LogP contribution in [-0.2, 0) is 0 Å². The first-order chi connectivity index (χ1) is 5.16. The third kappa shape index (κ3) is 9.63. The Balaban J connectivity index is 0. The molecule has 0 fully saturated rings. The van der Waals surface area contributed by atoms with Gasteiger partial charge in [0.1, 0.15) is 0 Å². The maximum absolute atomic E-state index is 6.63. The standard InChI is InChI=1S/C8H17N3.ClH/c1-8(10-7-9)5-4-6-11(2)3;/h8-9H,4-6H2,1-3H3;1H. The van der Waals surface area contributed by atoms with Crippen LogP contribution in [0.4, 0.5) is 0 Å². The zero-order valence-electron chi connectivity index (χ0n) is 8.00. The average molecular weight is 192 g/mol. The molecule has 0 radical (unpaired) electrons.